The van der Waals surface area contributed by atoms with Crippen LogP contribution in [0.2, 0.25) is 0 Å². The summed E-state index contributed by atoms with van der Waals surface area (Å²) in [5.74, 6) is -5.37. The molecule has 5 nitrogen and oxygen atoms in total. The zero-order valence-corrected chi connectivity index (χ0v) is 15.2. The summed E-state index contributed by atoms with van der Waals surface area (Å²) in [7, 11) is 1.52. The second-order valence-corrected chi connectivity index (χ2v) is 6.32. The molecule has 0 aliphatic heterocycles. The number of amides is 2. The van der Waals surface area contributed by atoms with Crippen molar-refractivity contribution in [3.63, 3.8) is 0 Å². The molecule has 144 valence electrons. The van der Waals surface area contributed by atoms with Gasteiger partial charge in [-0.3, -0.25) is 9.59 Å². The SMILES string of the molecule is COCCNC(=O)CSc1ccccc1C(=O)Nc1ccc(F)c(F)c1F. The second kappa shape index (κ2) is 9.98. The highest BCUT2D eigenvalue weighted by Gasteiger charge is 2.18. The first-order valence-electron chi connectivity index (χ1n) is 7.86. The molecule has 0 spiro atoms. The molecule has 0 aromatic heterocycles. The quantitative estimate of drug-likeness (QED) is 0.407. The maximum atomic E-state index is 13.7. The van der Waals surface area contributed by atoms with E-state index in [0.717, 1.165) is 23.9 Å². The predicted molar refractivity (Wildman–Crippen MR) is 96.3 cm³/mol. The molecule has 0 saturated heterocycles. The zero-order chi connectivity index (χ0) is 19.8. The summed E-state index contributed by atoms with van der Waals surface area (Å²) >= 11 is 1.12. The van der Waals surface area contributed by atoms with E-state index in [1.54, 1.807) is 18.2 Å². The molecular formula is C18H17F3N2O3S. The van der Waals surface area contributed by atoms with Crippen molar-refractivity contribution in [1.82, 2.24) is 5.32 Å². The van der Waals surface area contributed by atoms with E-state index in [4.69, 9.17) is 4.74 Å². The Labute approximate surface area is 158 Å². The van der Waals surface area contributed by atoms with Gasteiger partial charge in [0, 0.05) is 18.6 Å². The molecule has 0 atom stereocenters. The topological polar surface area (TPSA) is 67.4 Å². The van der Waals surface area contributed by atoms with Gasteiger partial charge < -0.3 is 15.4 Å². The average Bonchev–Trinajstić information content (AvgIpc) is 2.67. The minimum atomic E-state index is -1.66. The van der Waals surface area contributed by atoms with Crippen LogP contribution in [0.4, 0.5) is 18.9 Å². The lowest BCUT2D eigenvalue weighted by Gasteiger charge is -2.11. The molecule has 9 heteroatoms. The fourth-order valence-corrected chi connectivity index (χ4v) is 2.96. The van der Waals surface area contributed by atoms with Crippen LogP contribution >= 0.6 is 11.8 Å². The number of halogens is 3. The predicted octanol–water partition coefficient (Wildman–Crippen LogP) is 3.21. The summed E-state index contributed by atoms with van der Waals surface area (Å²) in [6.45, 7) is 0.753. The number of hydrogen-bond donors (Lipinski definition) is 2. The van der Waals surface area contributed by atoms with Crippen molar-refractivity contribution in [1.29, 1.82) is 0 Å². The van der Waals surface area contributed by atoms with E-state index in [9.17, 15) is 22.8 Å². The van der Waals surface area contributed by atoms with E-state index in [2.05, 4.69) is 10.6 Å². The smallest absolute Gasteiger partial charge is 0.256 e. The van der Waals surface area contributed by atoms with Crippen LogP contribution in [0.3, 0.4) is 0 Å². The number of nitrogens with one attached hydrogen (secondary N) is 2. The Balaban J connectivity index is 2.07. The number of rotatable bonds is 8. The van der Waals surface area contributed by atoms with Crippen LogP contribution in [0.5, 0.6) is 0 Å². The first kappa shape index (κ1) is 20.8. The van der Waals surface area contributed by atoms with Gasteiger partial charge in [0.1, 0.15) is 0 Å². The molecule has 0 aliphatic carbocycles. The van der Waals surface area contributed by atoms with Gasteiger partial charge in [0.05, 0.1) is 23.6 Å². The monoisotopic (exact) mass is 398 g/mol. The fraction of sp³-hybridized carbons (Fsp3) is 0.222. The van der Waals surface area contributed by atoms with E-state index in [0.29, 0.717) is 18.0 Å². The fourth-order valence-electron chi connectivity index (χ4n) is 2.08. The van der Waals surface area contributed by atoms with Crippen molar-refractivity contribution in [3.8, 4) is 0 Å². The van der Waals surface area contributed by atoms with Crippen molar-refractivity contribution in [3.05, 3.63) is 59.4 Å². The van der Waals surface area contributed by atoms with Gasteiger partial charge in [-0.2, -0.15) is 0 Å². The number of methoxy groups -OCH3 is 1. The number of hydrogen-bond acceptors (Lipinski definition) is 4. The lowest BCUT2D eigenvalue weighted by atomic mass is 10.2. The van der Waals surface area contributed by atoms with Crippen LogP contribution in [-0.2, 0) is 9.53 Å². The molecule has 2 aromatic carbocycles. The summed E-state index contributed by atoms with van der Waals surface area (Å²) in [5.41, 5.74) is -0.299. The molecule has 0 aliphatic rings. The van der Waals surface area contributed by atoms with E-state index in [1.165, 1.54) is 13.2 Å². The highest BCUT2D eigenvalue weighted by molar-refractivity contribution is 8.00. The molecular weight excluding hydrogens is 381 g/mol. The minimum absolute atomic E-state index is 0.0630. The van der Waals surface area contributed by atoms with Crippen LogP contribution in [-0.4, -0.2) is 37.8 Å². The highest BCUT2D eigenvalue weighted by Crippen LogP contribution is 2.25. The number of carbonyl (C=O) groups excluding carboxylic acids is 2. The lowest BCUT2D eigenvalue weighted by Crippen LogP contribution is -2.28. The largest absolute Gasteiger partial charge is 0.383 e. The molecule has 0 bridgehead atoms. The van der Waals surface area contributed by atoms with Crippen LogP contribution in [0.15, 0.2) is 41.3 Å². The Bertz CT molecular complexity index is 833. The summed E-state index contributed by atoms with van der Waals surface area (Å²) in [4.78, 5) is 24.7. The number of ether oxygens (including phenoxy) is 1. The van der Waals surface area contributed by atoms with E-state index in [-0.39, 0.29) is 17.2 Å². The maximum Gasteiger partial charge on any atom is 0.256 e. The first-order valence-corrected chi connectivity index (χ1v) is 8.85. The van der Waals surface area contributed by atoms with Gasteiger partial charge in [-0.1, -0.05) is 12.1 Å². The normalized spacial score (nSPS) is 10.5. The van der Waals surface area contributed by atoms with Gasteiger partial charge >= 0.3 is 0 Å². The Kier molecular flexibility index (Phi) is 7.68. The minimum Gasteiger partial charge on any atom is -0.383 e. The summed E-state index contributed by atoms with van der Waals surface area (Å²) in [6.07, 6.45) is 0. The molecule has 27 heavy (non-hydrogen) atoms. The number of carbonyl (C=O) groups is 2. The first-order chi connectivity index (χ1) is 12.9. The Hall–Kier alpha value is -2.52. The standard InChI is InChI=1S/C18H17F3N2O3S/c1-26-9-8-22-15(24)10-27-14-5-3-2-4-11(14)18(25)23-13-7-6-12(19)16(20)17(13)21/h2-7H,8-10H2,1H3,(H,22,24)(H,23,25). The zero-order valence-electron chi connectivity index (χ0n) is 14.4. The molecule has 2 amide bonds. The molecule has 2 N–H and O–H groups in total. The van der Waals surface area contributed by atoms with Gasteiger partial charge in [0.15, 0.2) is 17.5 Å². The molecule has 0 saturated carbocycles. The van der Waals surface area contributed by atoms with Crippen LogP contribution < -0.4 is 10.6 Å². The second-order valence-electron chi connectivity index (χ2n) is 5.30. The molecule has 0 radical (unpaired) electrons. The summed E-state index contributed by atoms with van der Waals surface area (Å²) < 4.78 is 44.9. The Morgan fingerprint density at radius 1 is 1.07 bits per heavy atom. The third-order valence-electron chi connectivity index (χ3n) is 3.40. The molecule has 0 heterocycles. The lowest BCUT2D eigenvalue weighted by molar-refractivity contribution is -0.118. The Morgan fingerprint density at radius 2 is 1.81 bits per heavy atom. The summed E-state index contributed by atoms with van der Waals surface area (Å²) in [6, 6.07) is 8.05. The highest BCUT2D eigenvalue weighted by atomic mass is 32.2. The van der Waals surface area contributed by atoms with Crippen LogP contribution in [0, 0.1) is 17.5 Å². The van der Waals surface area contributed by atoms with E-state index >= 15 is 0 Å². The number of anilines is 1. The van der Waals surface area contributed by atoms with Gasteiger partial charge in [0.25, 0.3) is 5.91 Å². The maximum absolute atomic E-state index is 13.7. The third-order valence-corrected chi connectivity index (χ3v) is 4.48. The molecule has 2 aromatic rings. The van der Waals surface area contributed by atoms with E-state index in [1.807, 2.05) is 0 Å². The van der Waals surface area contributed by atoms with Crippen molar-refractivity contribution in [2.24, 2.45) is 0 Å². The molecule has 0 fully saturated rings. The van der Waals surface area contributed by atoms with Crippen molar-refractivity contribution < 1.29 is 27.5 Å². The molecule has 0 unspecified atom stereocenters. The summed E-state index contributed by atoms with van der Waals surface area (Å²) in [5, 5.41) is 4.86. The van der Waals surface area contributed by atoms with Crippen molar-refractivity contribution in [2.75, 3.05) is 31.3 Å². The number of thioether (sulfide) groups is 1. The number of benzene rings is 2. The van der Waals surface area contributed by atoms with Gasteiger partial charge in [-0.15, -0.1) is 11.8 Å². The average molecular weight is 398 g/mol. The third kappa shape index (κ3) is 5.73. The van der Waals surface area contributed by atoms with Crippen LogP contribution in [0.25, 0.3) is 0 Å². The van der Waals surface area contributed by atoms with Gasteiger partial charge in [-0.05, 0) is 24.3 Å². The van der Waals surface area contributed by atoms with Crippen molar-refractivity contribution >= 4 is 29.3 Å². The van der Waals surface area contributed by atoms with Crippen LogP contribution in [0.1, 0.15) is 10.4 Å². The van der Waals surface area contributed by atoms with E-state index < -0.39 is 29.0 Å². The van der Waals surface area contributed by atoms with Crippen molar-refractivity contribution in [2.45, 2.75) is 4.90 Å². The molecule has 2 rings (SSSR count). The van der Waals surface area contributed by atoms with Gasteiger partial charge in [-0.25, -0.2) is 13.2 Å². The van der Waals surface area contributed by atoms with Gasteiger partial charge in [0.2, 0.25) is 5.91 Å². The Morgan fingerprint density at radius 3 is 2.56 bits per heavy atom.